The molecular formula is C32H28N2O4S. The number of hydrogen-bond donors (Lipinski definition) is 1. The Morgan fingerprint density at radius 1 is 1.00 bits per heavy atom. The number of carbonyl (C=O) groups excluding carboxylic acids is 2. The monoisotopic (exact) mass is 536 g/mol. The minimum absolute atomic E-state index is 0.159. The number of carbonyl (C=O) groups is 2. The molecule has 6 rings (SSSR count). The summed E-state index contributed by atoms with van der Waals surface area (Å²) in [5.74, 6) is -0.719. The van der Waals surface area contributed by atoms with E-state index in [1.54, 1.807) is 6.92 Å². The lowest BCUT2D eigenvalue weighted by atomic mass is 9.95. The van der Waals surface area contributed by atoms with Gasteiger partial charge in [0.05, 0.1) is 12.2 Å². The third-order valence-corrected chi connectivity index (χ3v) is 8.23. The number of aryl methyl sites for hydroxylation is 2. The molecule has 2 heterocycles. The average Bonchev–Trinajstić information content (AvgIpc) is 3.32. The van der Waals surface area contributed by atoms with Crippen molar-refractivity contribution in [1.82, 2.24) is 0 Å². The number of amides is 1. The summed E-state index contributed by atoms with van der Waals surface area (Å²) in [7, 11) is 0. The van der Waals surface area contributed by atoms with Gasteiger partial charge in [-0.2, -0.15) is 0 Å². The van der Waals surface area contributed by atoms with E-state index in [1.807, 2.05) is 73.7 Å². The summed E-state index contributed by atoms with van der Waals surface area (Å²) in [5.41, 5.74) is 4.35. The predicted octanol–water partition coefficient (Wildman–Crippen LogP) is 7.50. The van der Waals surface area contributed by atoms with E-state index in [0.717, 1.165) is 57.8 Å². The van der Waals surface area contributed by atoms with Crippen molar-refractivity contribution in [2.24, 2.45) is 4.99 Å². The third-order valence-electron chi connectivity index (χ3n) is 7.05. The molecule has 5 aromatic rings. The average molecular weight is 537 g/mol. The van der Waals surface area contributed by atoms with Crippen LogP contribution in [0.15, 0.2) is 76.1 Å². The molecule has 0 spiro atoms. The van der Waals surface area contributed by atoms with Crippen molar-refractivity contribution in [3.63, 3.8) is 0 Å². The molecule has 2 aromatic heterocycles. The molecule has 0 saturated heterocycles. The SMILES string of the molecule is CCOC(=O)c1c(N=c2oc3ccc4ccccc4c3cc2C(=O)Nc2ccc(C)cc2)sc2c1CCCC2. The number of esters is 1. The van der Waals surface area contributed by atoms with Gasteiger partial charge in [0.15, 0.2) is 0 Å². The Bertz CT molecular complexity index is 1800. The summed E-state index contributed by atoms with van der Waals surface area (Å²) < 4.78 is 11.8. The Labute approximate surface area is 230 Å². The predicted molar refractivity (Wildman–Crippen MR) is 155 cm³/mol. The summed E-state index contributed by atoms with van der Waals surface area (Å²) in [6.07, 6.45) is 3.82. The quantitative estimate of drug-likeness (QED) is 0.186. The molecule has 1 N–H and O–H groups in total. The lowest BCUT2D eigenvalue weighted by molar-refractivity contribution is 0.0526. The van der Waals surface area contributed by atoms with Crippen LogP contribution in [-0.2, 0) is 17.6 Å². The first-order chi connectivity index (χ1) is 19.0. The second-order valence-corrected chi connectivity index (χ2v) is 10.8. The molecule has 0 fully saturated rings. The van der Waals surface area contributed by atoms with Gasteiger partial charge in [0.25, 0.3) is 5.91 Å². The second kappa shape index (κ2) is 10.5. The zero-order chi connectivity index (χ0) is 26.9. The van der Waals surface area contributed by atoms with Gasteiger partial charge in [-0.3, -0.25) is 4.79 Å². The summed E-state index contributed by atoms with van der Waals surface area (Å²) in [5, 5.41) is 6.35. The van der Waals surface area contributed by atoms with Gasteiger partial charge in [0, 0.05) is 16.0 Å². The van der Waals surface area contributed by atoms with E-state index in [4.69, 9.17) is 14.1 Å². The maximum Gasteiger partial charge on any atom is 0.341 e. The van der Waals surface area contributed by atoms with Crippen LogP contribution in [0.2, 0.25) is 0 Å². The number of benzene rings is 3. The number of anilines is 1. The highest BCUT2D eigenvalue weighted by atomic mass is 32.1. The van der Waals surface area contributed by atoms with Crippen LogP contribution >= 0.6 is 11.3 Å². The molecule has 1 amide bonds. The molecule has 196 valence electrons. The van der Waals surface area contributed by atoms with Crippen LogP contribution in [0.3, 0.4) is 0 Å². The van der Waals surface area contributed by atoms with E-state index in [-0.39, 0.29) is 24.0 Å². The van der Waals surface area contributed by atoms with Gasteiger partial charge in [-0.15, -0.1) is 11.3 Å². The Kier molecular flexibility index (Phi) is 6.75. The molecule has 1 aliphatic carbocycles. The molecule has 0 unspecified atom stereocenters. The normalized spacial score (nSPS) is 13.4. The summed E-state index contributed by atoms with van der Waals surface area (Å²) in [4.78, 5) is 32.7. The van der Waals surface area contributed by atoms with Crippen LogP contribution in [0.25, 0.3) is 21.7 Å². The number of ether oxygens (including phenoxy) is 1. The molecule has 0 bridgehead atoms. The van der Waals surface area contributed by atoms with Crippen molar-refractivity contribution in [3.8, 4) is 0 Å². The van der Waals surface area contributed by atoms with E-state index in [2.05, 4.69) is 5.32 Å². The summed E-state index contributed by atoms with van der Waals surface area (Å²) in [6, 6.07) is 21.3. The molecule has 0 radical (unpaired) electrons. The molecule has 39 heavy (non-hydrogen) atoms. The maximum atomic E-state index is 13.7. The van der Waals surface area contributed by atoms with Crippen LogP contribution in [0.4, 0.5) is 10.7 Å². The minimum atomic E-state index is -0.381. The standard InChI is InChI=1S/C32H28N2O4S/c1-3-37-32(36)28-23-10-6-7-11-27(23)39-31(28)34-30-25(29(35)33-21-15-12-19(2)13-16-21)18-24-22-9-5-4-8-20(22)14-17-26(24)38-30/h4-5,8-9,12-18H,3,6-7,10-11H2,1-2H3,(H,33,35). The van der Waals surface area contributed by atoms with Gasteiger partial charge in [0.1, 0.15) is 16.1 Å². The fraction of sp³-hybridized carbons (Fsp3) is 0.219. The highest BCUT2D eigenvalue weighted by Gasteiger charge is 2.27. The topological polar surface area (TPSA) is 80.9 Å². The molecule has 0 saturated carbocycles. The Morgan fingerprint density at radius 3 is 2.62 bits per heavy atom. The molecule has 1 aliphatic rings. The first kappa shape index (κ1) is 25.1. The van der Waals surface area contributed by atoms with Gasteiger partial charge in [0.2, 0.25) is 5.55 Å². The molecule has 3 aromatic carbocycles. The van der Waals surface area contributed by atoms with Crippen LogP contribution in [0.1, 0.15) is 56.5 Å². The number of nitrogens with zero attached hydrogens (tertiary/aromatic N) is 1. The van der Waals surface area contributed by atoms with Crippen molar-refractivity contribution >= 4 is 55.6 Å². The van der Waals surface area contributed by atoms with Gasteiger partial charge in [-0.25, -0.2) is 9.79 Å². The van der Waals surface area contributed by atoms with Crippen LogP contribution in [0, 0.1) is 6.92 Å². The van der Waals surface area contributed by atoms with E-state index < -0.39 is 0 Å². The fourth-order valence-electron chi connectivity index (χ4n) is 5.10. The van der Waals surface area contributed by atoms with Crippen molar-refractivity contribution < 1.29 is 18.7 Å². The number of nitrogens with one attached hydrogen (secondary N) is 1. The van der Waals surface area contributed by atoms with Gasteiger partial charge in [-0.1, -0.05) is 48.0 Å². The van der Waals surface area contributed by atoms with E-state index in [0.29, 0.717) is 27.4 Å². The Morgan fingerprint density at radius 2 is 1.79 bits per heavy atom. The zero-order valence-corrected chi connectivity index (χ0v) is 22.7. The number of hydrogen-bond acceptors (Lipinski definition) is 6. The van der Waals surface area contributed by atoms with Crippen molar-refractivity contribution in [2.45, 2.75) is 39.5 Å². The van der Waals surface area contributed by atoms with Gasteiger partial charge >= 0.3 is 5.97 Å². The number of fused-ring (bicyclic) bond motifs is 4. The molecule has 0 aliphatic heterocycles. The van der Waals surface area contributed by atoms with Gasteiger partial charge < -0.3 is 14.5 Å². The Balaban J connectivity index is 1.57. The van der Waals surface area contributed by atoms with Crippen molar-refractivity contribution in [2.75, 3.05) is 11.9 Å². The highest BCUT2D eigenvalue weighted by Crippen LogP contribution is 2.40. The number of rotatable bonds is 5. The summed E-state index contributed by atoms with van der Waals surface area (Å²) in [6.45, 7) is 4.07. The van der Waals surface area contributed by atoms with E-state index in [1.165, 1.54) is 11.3 Å². The summed E-state index contributed by atoms with van der Waals surface area (Å²) >= 11 is 1.49. The maximum absolute atomic E-state index is 13.7. The molecule has 7 heteroatoms. The van der Waals surface area contributed by atoms with Crippen LogP contribution < -0.4 is 10.9 Å². The fourth-order valence-corrected chi connectivity index (χ4v) is 6.34. The van der Waals surface area contributed by atoms with Gasteiger partial charge in [-0.05, 0) is 80.1 Å². The molecular weight excluding hydrogens is 508 g/mol. The van der Waals surface area contributed by atoms with Crippen molar-refractivity contribution in [3.05, 3.63) is 99.4 Å². The number of thiophene rings is 1. The zero-order valence-electron chi connectivity index (χ0n) is 21.9. The lowest BCUT2D eigenvalue weighted by Gasteiger charge is -2.12. The highest BCUT2D eigenvalue weighted by molar-refractivity contribution is 7.16. The minimum Gasteiger partial charge on any atom is -0.462 e. The van der Waals surface area contributed by atoms with Crippen LogP contribution in [-0.4, -0.2) is 18.5 Å². The first-order valence-corrected chi connectivity index (χ1v) is 14.0. The Hall–Kier alpha value is -4.23. The molecule has 6 nitrogen and oxygen atoms in total. The van der Waals surface area contributed by atoms with E-state index in [9.17, 15) is 9.59 Å². The van der Waals surface area contributed by atoms with Crippen LogP contribution in [0.5, 0.6) is 0 Å². The third kappa shape index (κ3) is 4.86. The largest absolute Gasteiger partial charge is 0.462 e. The lowest BCUT2D eigenvalue weighted by Crippen LogP contribution is -2.21. The van der Waals surface area contributed by atoms with Crippen molar-refractivity contribution in [1.29, 1.82) is 0 Å². The first-order valence-electron chi connectivity index (χ1n) is 13.2. The smallest absolute Gasteiger partial charge is 0.341 e. The van der Waals surface area contributed by atoms with E-state index >= 15 is 0 Å². The molecule has 0 atom stereocenters. The second-order valence-electron chi connectivity index (χ2n) is 9.71.